The van der Waals surface area contributed by atoms with E-state index in [2.05, 4.69) is 10.2 Å². The SMILES string of the molecule is CSc1nnc(S[C@@H](C(=O)N2CCCCC2)c2ccccc2)s1. The number of benzene rings is 1. The second-order valence-electron chi connectivity index (χ2n) is 5.33. The van der Waals surface area contributed by atoms with Crippen molar-refractivity contribution in [3.63, 3.8) is 0 Å². The van der Waals surface area contributed by atoms with Crippen molar-refractivity contribution >= 4 is 40.8 Å². The van der Waals surface area contributed by atoms with E-state index in [0.717, 1.165) is 40.2 Å². The summed E-state index contributed by atoms with van der Waals surface area (Å²) in [4.78, 5) is 15.0. The van der Waals surface area contributed by atoms with Crippen LogP contribution in [0.25, 0.3) is 0 Å². The minimum Gasteiger partial charge on any atom is -0.341 e. The molecule has 1 aromatic carbocycles. The van der Waals surface area contributed by atoms with Gasteiger partial charge in [-0.25, -0.2) is 0 Å². The van der Waals surface area contributed by atoms with E-state index in [-0.39, 0.29) is 11.2 Å². The lowest BCUT2D eigenvalue weighted by atomic mass is 10.1. The number of hydrogen-bond donors (Lipinski definition) is 0. The van der Waals surface area contributed by atoms with E-state index in [1.807, 2.05) is 41.5 Å². The maximum atomic E-state index is 13.0. The van der Waals surface area contributed by atoms with Crippen molar-refractivity contribution in [2.75, 3.05) is 19.3 Å². The number of thioether (sulfide) groups is 2. The van der Waals surface area contributed by atoms with Gasteiger partial charge < -0.3 is 4.90 Å². The van der Waals surface area contributed by atoms with E-state index >= 15 is 0 Å². The Hall–Kier alpha value is -1.05. The third-order valence-corrected chi connectivity index (χ3v) is 7.00. The zero-order chi connectivity index (χ0) is 16.1. The van der Waals surface area contributed by atoms with Crippen LogP contribution in [-0.4, -0.2) is 40.3 Å². The molecule has 1 fully saturated rings. The molecule has 1 aromatic heterocycles. The summed E-state index contributed by atoms with van der Waals surface area (Å²) >= 11 is 4.66. The van der Waals surface area contributed by atoms with Gasteiger partial charge in [0.15, 0.2) is 8.68 Å². The molecule has 0 saturated carbocycles. The second-order valence-corrected chi connectivity index (χ2v) is 8.72. The van der Waals surface area contributed by atoms with Gasteiger partial charge in [-0.05, 0) is 31.1 Å². The number of rotatable bonds is 5. The van der Waals surface area contributed by atoms with Crippen LogP contribution in [0.3, 0.4) is 0 Å². The molecule has 0 spiro atoms. The molecule has 1 aliphatic rings. The van der Waals surface area contributed by atoms with Crippen molar-refractivity contribution in [3.05, 3.63) is 35.9 Å². The first-order valence-electron chi connectivity index (χ1n) is 7.66. The molecule has 1 atom stereocenters. The number of nitrogens with zero attached hydrogens (tertiary/aromatic N) is 3. The fraction of sp³-hybridized carbons (Fsp3) is 0.438. The van der Waals surface area contributed by atoms with Crippen LogP contribution >= 0.6 is 34.9 Å². The lowest BCUT2D eigenvalue weighted by molar-refractivity contribution is -0.131. The van der Waals surface area contributed by atoms with E-state index in [0.29, 0.717) is 0 Å². The van der Waals surface area contributed by atoms with Crippen LogP contribution in [0.2, 0.25) is 0 Å². The molecule has 1 aliphatic heterocycles. The average Bonchev–Trinajstić information content (AvgIpc) is 3.08. The molecule has 0 bridgehead atoms. The molecule has 2 aromatic rings. The third-order valence-electron chi connectivity index (χ3n) is 3.78. The van der Waals surface area contributed by atoms with Gasteiger partial charge in [-0.3, -0.25) is 4.79 Å². The third kappa shape index (κ3) is 4.28. The highest BCUT2D eigenvalue weighted by Crippen LogP contribution is 2.39. The molecular formula is C16H19N3OS3. The Morgan fingerprint density at radius 2 is 1.83 bits per heavy atom. The van der Waals surface area contributed by atoms with Crippen molar-refractivity contribution in [3.8, 4) is 0 Å². The van der Waals surface area contributed by atoms with Gasteiger partial charge in [-0.2, -0.15) is 0 Å². The maximum Gasteiger partial charge on any atom is 0.240 e. The summed E-state index contributed by atoms with van der Waals surface area (Å²) in [6.07, 6.45) is 5.42. The molecule has 23 heavy (non-hydrogen) atoms. The quantitative estimate of drug-likeness (QED) is 0.746. The molecule has 122 valence electrons. The Morgan fingerprint density at radius 1 is 1.13 bits per heavy atom. The van der Waals surface area contributed by atoms with E-state index < -0.39 is 0 Å². The summed E-state index contributed by atoms with van der Waals surface area (Å²) in [6.45, 7) is 1.74. The molecular weight excluding hydrogens is 346 g/mol. The highest BCUT2D eigenvalue weighted by molar-refractivity contribution is 8.03. The smallest absolute Gasteiger partial charge is 0.240 e. The number of carbonyl (C=O) groups is 1. The van der Waals surface area contributed by atoms with E-state index in [1.165, 1.54) is 18.2 Å². The Morgan fingerprint density at radius 3 is 2.48 bits per heavy atom. The van der Waals surface area contributed by atoms with Crippen molar-refractivity contribution in [1.29, 1.82) is 0 Å². The van der Waals surface area contributed by atoms with Crippen LogP contribution in [0.15, 0.2) is 39.0 Å². The summed E-state index contributed by atoms with van der Waals surface area (Å²) in [6, 6.07) is 10.00. The fourth-order valence-corrected chi connectivity index (χ4v) is 5.31. The largest absolute Gasteiger partial charge is 0.341 e. The van der Waals surface area contributed by atoms with Crippen molar-refractivity contribution in [2.45, 2.75) is 33.2 Å². The predicted molar refractivity (Wildman–Crippen MR) is 97.2 cm³/mol. The monoisotopic (exact) mass is 365 g/mol. The summed E-state index contributed by atoms with van der Waals surface area (Å²) < 4.78 is 1.79. The minimum atomic E-state index is -0.239. The van der Waals surface area contributed by atoms with Crippen LogP contribution in [0, 0.1) is 0 Å². The van der Waals surface area contributed by atoms with Gasteiger partial charge in [0.1, 0.15) is 5.25 Å². The molecule has 1 amide bonds. The van der Waals surface area contributed by atoms with Gasteiger partial charge in [0.05, 0.1) is 0 Å². The summed E-state index contributed by atoms with van der Waals surface area (Å²) in [7, 11) is 0. The van der Waals surface area contributed by atoms with Crippen LogP contribution in [0.1, 0.15) is 30.1 Å². The lowest BCUT2D eigenvalue weighted by Crippen LogP contribution is -2.38. The summed E-state index contributed by atoms with van der Waals surface area (Å²) in [5.74, 6) is 0.196. The van der Waals surface area contributed by atoms with Gasteiger partial charge in [-0.1, -0.05) is 65.2 Å². The number of aromatic nitrogens is 2. The molecule has 7 heteroatoms. The number of amides is 1. The zero-order valence-corrected chi connectivity index (χ0v) is 15.4. The van der Waals surface area contributed by atoms with Crippen LogP contribution < -0.4 is 0 Å². The van der Waals surface area contributed by atoms with Crippen molar-refractivity contribution < 1.29 is 4.79 Å². The molecule has 0 radical (unpaired) electrons. The normalized spacial score (nSPS) is 16.3. The predicted octanol–water partition coefficient (Wildman–Crippen LogP) is 4.11. The molecule has 3 rings (SSSR count). The molecule has 0 aliphatic carbocycles. The number of hydrogen-bond acceptors (Lipinski definition) is 6. The first kappa shape index (κ1) is 16.8. The highest BCUT2D eigenvalue weighted by atomic mass is 32.2. The standard InChI is InChI=1S/C16H19N3OS3/c1-21-15-17-18-16(23-15)22-13(12-8-4-2-5-9-12)14(20)19-10-6-3-7-11-19/h2,4-5,8-9,13H,3,6-7,10-11H2,1H3/t13-/m1/s1. The van der Waals surface area contributed by atoms with Crippen LogP contribution in [0.5, 0.6) is 0 Å². The Balaban J connectivity index is 1.82. The first-order valence-corrected chi connectivity index (χ1v) is 10.6. The Labute approximate surface area is 149 Å². The van der Waals surface area contributed by atoms with Gasteiger partial charge in [0, 0.05) is 13.1 Å². The fourth-order valence-electron chi connectivity index (χ4n) is 2.60. The second kappa shape index (κ2) is 8.17. The average molecular weight is 366 g/mol. The molecule has 2 heterocycles. The molecule has 0 unspecified atom stereocenters. The van der Waals surface area contributed by atoms with Gasteiger partial charge in [0.25, 0.3) is 0 Å². The highest BCUT2D eigenvalue weighted by Gasteiger charge is 2.29. The molecule has 1 saturated heterocycles. The lowest BCUT2D eigenvalue weighted by Gasteiger charge is -2.30. The van der Waals surface area contributed by atoms with Gasteiger partial charge in [0.2, 0.25) is 5.91 Å². The first-order chi connectivity index (χ1) is 11.3. The number of piperidine rings is 1. The maximum absolute atomic E-state index is 13.0. The topological polar surface area (TPSA) is 46.1 Å². The van der Waals surface area contributed by atoms with Crippen LogP contribution in [-0.2, 0) is 4.79 Å². The van der Waals surface area contributed by atoms with Gasteiger partial charge >= 0.3 is 0 Å². The Bertz CT molecular complexity index is 641. The molecule has 4 nitrogen and oxygen atoms in total. The molecule has 0 N–H and O–H groups in total. The summed E-state index contributed by atoms with van der Waals surface area (Å²) in [5.41, 5.74) is 1.04. The zero-order valence-electron chi connectivity index (χ0n) is 13.0. The van der Waals surface area contributed by atoms with E-state index in [4.69, 9.17) is 0 Å². The Kier molecular flexibility index (Phi) is 5.96. The van der Waals surface area contributed by atoms with Crippen molar-refractivity contribution in [2.24, 2.45) is 0 Å². The summed E-state index contributed by atoms with van der Waals surface area (Å²) in [5, 5.41) is 8.12. The number of likely N-dealkylation sites (tertiary alicyclic amines) is 1. The van der Waals surface area contributed by atoms with E-state index in [9.17, 15) is 4.79 Å². The van der Waals surface area contributed by atoms with Crippen LogP contribution in [0.4, 0.5) is 0 Å². The van der Waals surface area contributed by atoms with Gasteiger partial charge in [-0.15, -0.1) is 10.2 Å². The van der Waals surface area contributed by atoms with E-state index in [1.54, 1.807) is 23.1 Å². The number of carbonyl (C=O) groups excluding carboxylic acids is 1. The minimum absolute atomic E-state index is 0.196. The van der Waals surface area contributed by atoms with Crippen molar-refractivity contribution in [1.82, 2.24) is 15.1 Å².